The molecule has 2 rings (SSSR count). The Hall–Kier alpha value is -1.82. The molecule has 0 aliphatic heterocycles. The van der Waals surface area contributed by atoms with Gasteiger partial charge in [-0.3, -0.25) is 9.89 Å². The first-order chi connectivity index (χ1) is 13.8. The largest absolute Gasteiger partial charge is 0.492 e. The van der Waals surface area contributed by atoms with Crippen molar-refractivity contribution in [1.82, 2.24) is 24.8 Å². The molecule has 0 aliphatic carbocycles. The number of aromatic amines is 1. The average molecular weight is 462 g/mol. The number of carbonyl (C=O) groups is 1. The van der Waals surface area contributed by atoms with Gasteiger partial charge in [0.1, 0.15) is 11.6 Å². The lowest BCUT2D eigenvalue weighted by Crippen LogP contribution is -2.41. The van der Waals surface area contributed by atoms with Crippen molar-refractivity contribution in [3.05, 3.63) is 29.0 Å². The van der Waals surface area contributed by atoms with Crippen molar-refractivity contribution in [2.45, 2.75) is 30.8 Å². The minimum absolute atomic E-state index is 0.0103. The van der Waals surface area contributed by atoms with Crippen LogP contribution in [-0.4, -0.2) is 65.8 Å². The van der Waals surface area contributed by atoms with Gasteiger partial charge >= 0.3 is 0 Å². The van der Waals surface area contributed by atoms with E-state index in [1.807, 2.05) is 6.92 Å². The number of aryl methyl sites for hydroxylation is 1. The molecule has 9 nitrogen and oxygen atoms in total. The predicted octanol–water partition coefficient (Wildman–Crippen LogP) is 2.08. The van der Waals surface area contributed by atoms with Crippen LogP contribution in [0.1, 0.15) is 19.7 Å². The van der Waals surface area contributed by atoms with E-state index in [0.717, 1.165) is 10.1 Å². The van der Waals surface area contributed by atoms with Crippen molar-refractivity contribution < 1.29 is 17.9 Å². The normalized spacial score (nSPS) is 11.6. The maximum Gasteiger partial charge on any atom is 0.243 e. The molecule has 0 saturated heterocycles. The van der Waals surface area contributed by atoms with E-state index in [4.69, 9.17) is 16.3 Å². The number of H-pyrrole nitrogens is 1. The maximum atomic E-state index is 12.9. The Morgan fingerprint density at radius 1 is 1.38 bits per heavy atom. The smallest absolute Gasteiger partial charge is 0.243 e. The van der Waals surface area contributed by atoms with E-state index in [1.165, 1.54) is 30.0 Å². The number of hydrogen-bond acceptors (Lipinski definition) is 7. The van der Waals surface area contributed by atoms with Crippen LogP contribution in [-0.2, 0) is 14.8 Å². The van der Waals surface area contributed by atoms with Gasteiger partial charge < -0.3 is 10.1 Å². The van der Waals surface area contributed by atoms with E-state index in [-0.39, 0.29) is 28.9 Å². The van der Waals surface area contributed by atoms with Crippen molar-refractivity contribution in [3.63, 3.8) is 0 Å². The number of sulfonamides is 1. The van der Waals surface area contributed by atoms with Gasteiger partial charge in [-0.2, -0.15) is 4.31 Å². The fraction of sp³-hybridized carbons (Fsp3) is 0.471. The Balaban J connectivity index is 1.93. The lowest BCUT2D eigenvalue weighted by atomic mass is 10.3. The monoisotopic (exact) mass is 461 g/mol. The topological polar surface area (TPSA) is 117 Å². The molecule has 0 unspecified atom stereocenters. The second-order valence-electron chi connectivity index (χ2n) is 5.86. The molecule has 1 amide bonds. The Morgan fingerprint density at radius 3 is 2.72 bits per heavy atom. The van der Waals surface area contributed by atoms with E-state index >= 15 is 0 Å². The number of hydrogen-bond donors (Lipinski definition) is 2. The first-order valence-corrected chi connectivity index (χ1v) is 11.8. The van der Waals surface area contributed by atoms with E-state index in [1.54, 1.807) is 13.8 Å². The molecule has 0 aliphatic rings. The standard InChI is InChI=1S/C17H24ClN5O4S2/c1-4-23(11-16(24)19-8-9-28-17-20-12(3)21-22-17)29(25,26)13-6-7-15(27-5-2)14(18)10-13/h6-7,10H,4-5,8-9,11H2,1-3H3,(H,19,24)(H,20,21,22). The van der Waals surface area contributed by atoms with Crippen LogP contribution in [0.15, 0.2) is 28.3 Å². The summed E-state index contributed by atoms with van der Waals surface area (Å²) in [6.45, 7) is 5.92. The first kappa shape index (κ1) is 23.5. The molecule has 0 spiro atoms. The Morgan fingerprint density at radius 2 is 2.14 bits per heavy atom. The van der Waals surface area contributed by atoms with Gasteiger partial charge in [-0.15, -0.1) is 5.10 Å². The number of halogens is 1. The summed E-state index contributed by atoms with van der Waals surface area (Å²) in [6.07, 6.45) is 0. The molecular weight excluding hydrogens is 438 g/mol. The molecule has 2 aromatic rings. The highest BCUT2D eigenvalue weighted by molar-refractivity contribution is 7.99. The number of ether oxygens (including phenoxy) is 1. The van der Waals surface area contributed by atoms with Gasteiger partial charge in [0.25, 0.3) is 0 Å². The molecule has 1 heterocycles. The highest BCUT2D eigenvalue weighted by Gasteiger charge is 2.26. The van der Waals surface area contributed by atoms with Crippen LogP contribution in [0.5, 0.6) is 5.75 Å². The number of nitrogens with one attached hydrogen (secondary N) is 2. The number of aromatic nitrogens is 3. The van der Waals surface area contributed by atoms with Gasteiger partial charge in [0, 0.05) is 18.8 Å². The molecule has 0 saturated carbocycles. The summed E-state index contributed by atoms with van der Waals surface area (Å²) < 4.78 is 32.1. The zero-order valence-corrected chi connectivity index (χ0v) is 18.8. The quantitative estimate of drug-likeness (QED) is 0.388. The number of likely N-dealkylation sites (N-methyl/N-ethyl adjacent to an activating group) is 1. The van der Waals surface area contributed by atoms with E-state index in [0.29, 0.717) is 29.8 Å². The molecule has 160 valence electrons. The lowest BCUT2D eigenvalue weighted by molar-refractivity contribution is -0.121. The molecule has 0 bridgehead atoms. The van der Waals surface area contributed by atoms with Crippen LogP contribution >= 0.6 is 23.4 Å². The second kappa shape index (κ2) is 10.8. The number of thioether (sulfide) groups is 1. The van der Waals surface area contributed by atoms with E-state index in [9.17, 15) is 13.2 Å². The lowest BCUT2D eigenvalue weighted by Gasteiger charge is -2.20. The molecule has 29 heavy (non-hydrogen) atoms. The highest BCUT2D eigenvalue weighted by Crippen LogP contribution is 2.28. The third-order valence-electron chi connectivity index (χ3n) is 3.75. The Labute approximate surface area is 179 Å². The summed E-state index contributed by atoms with van der Waals surface area (Å²) in [7, 11) is -3.87. The van der Waals surface area contributed by atoms with Gasteiger partial charge in [0.2, 0.25) is 21.1 Å². The zero-order valence-electron chi connectivity index (χ0n) is 16.4. The second-order valence-corrected chi connectivity index (χ2v) is 9.27. The van der Waals surface area contributed by atoms with Gasteiger partial charge in [0.05, 0.1) is 23.1 Å². The van der Waals surface area contributed by atoms with Crippen LogP contribution < -0.4 is 10.1 Å². The van der Waals surface area contributed by atoms with E-state index < -0.39 is 10.0 Å². The number of benzene rings is 1. The zero-order chi connectivity index (χ0) is 21.4. The van der Waals surface area contributed by atoms with Gasteiger partial charge in [-0.25, -0.2) is 13.4 Å². The first-order valence-electron chi connectivity index (χ1n) is 8.98. The Kier molecular flexibility index (Phi) is 8.75. The van der Waals surface area contributed by atoms with Crippen LogP contribution in [0.3, 0.4) is 0 Å². The van der Waals surface area contributed by atoms with Crippen molar-refractivity contribution in [2.24, 2.45) is 0 Å². The SMILES string of the molecule is CCOc1ccc(S(=O)(=O)N(CC)CC(=O)NCCSc2n[nH]c(C)n2)cc1Cl. The summed E-state index contributed by atoms with van der Waals surface area (Å²) in [5.74, 6) is 1.30. The summed E-state index contributed by atoms with van der Waals surface area (Å²) in [5, 5.41) is 10.2. The molecule has 2 N–H and O–H groups in total. The molecule has 0 atom stereocenters. The van der Waals surface area contributed by atoms with Crippen molar-refractivity contribution in [1.29, 1.82) is 0 Å². The van der Waals surface area contributed by atoms with Crippen LogP contribution in [0.4, 0.5) is 0 Å². The summed E-state index contributed by atoms with van der Waals surface area (Å²) in [4.78, 5) is 16.4. The van der Waals surface area contributed by atoms with Crippen LogP contribution in [0, 0.1) is 6.92 Å². The summed E-state index contributed by atoms with van der Waals surface area (Å²) in [6, 6.07) is 4.26. The molecular formula is C17H24ClN5O4S2. The fourth-order valence-corrected chi connectivity index (χ4v) is 4.80. The maximum absolute atomic E-state index is 12.9. The average Bonchev–Trinajstić information content (AvgIpc) is 3.10. The van der Waals surface area contributed by atoms with Gasteiger partial charge in [-0.05, 0) is 32.0 Å². The third-order valence-corrected chi connectivity index (χ3v) is 6.81. The summed E-state index contributed by atoms with van der Waals surface area (Å²) >= 11 is 7.49. The number of rotatable bonds is 11. The number of amides is 1. The molecule has 0 radical (unpaired) electrons. The van der Waals surface area contributed by atoms with Crippen molar-refractivity contribution in [3.8, 4) is 5.75 Å². The molecule has 12 heteroatoms. The van der Waals surface area contributed by atoms with Gasteiger partial charge in [0.15, 0.2) is 0 Å². The van der Waals surface area contributed by atoms with Crippen molar-refractivity contribution in [2.75, 3.05) is 32.0 Å². The molecule has 1 aromatic heterocycles. The third kappa shape index (κ3) is 6.59. The van der Waals surface area contributed by atoms with Crippen LogP contribution in [0.25, 0.3) is 0 Å². The minimum Gasteiger partial charge on any atom is -0.492 e. The van der Waals surface area contributed by atoms with Crippen molar-refractivity contribution >= 4 is 39.3 Å². The Bertz CT molecular complexity index is 936. The molecule has 0 fully saturated rings. The fourth-order valence-electron chi connectivity index (χ4n) is 2.37. The van der Waals surface area contributed by atoms with Crippen LogP contribution in [0.2, 0.25) is 5.02 Å². The minimum atomic E-state index is -3.87. The van der Waals surface area contributed by atoms with Gasteiger partial charge in [-0.1, -0.05) is 30.3 Å². The summed E-state index contributed by atoms with van der Waals surface area (Å²) in [5.41, 5.74) is 0. The number of carbonyl (C=O) groups excluding carboxylic acids is 1. The predicted molar refractivity (Wildman–Crippen MR) is 112 cm³/mol. The molecule has 1 aromatic carbocycles. The number of nitrogens with zero attached hydrogens (tertiary/aromatic N) is 3. The highest BCUT2D eigenvalue weighted by atomic mass is 35.5. The van der Waals surface area contributed by atoms with E-state index in [2.05, 4.69) is 20.5 Å².